The fraction of sp³-hybridized carbons (Fsp3) is 0.636. The van der Waals surface area contributed by atoms with Crippen LogP contribution >= 0.6 is 11.3 Å². The van der Waals surface area contributed by atoms with Crippen LogP contribution in [-0.2, 0) is 15.9 Å². The molecule has 0 aliphatic carbocycles. The van der Waals surface area contributed by atoms with Crippen molar-refractivity contribution in [2.75, 3.05) is 26.4 Å². The van der Waals surface area contributed by atoms with Crippen LogP contribution in [-0.4, -0.2) is 37.3 Å². The van der Waals surface area contributed by atoms with E-state index in [9.17, 15) is 4.79 Å². The fourth-order valence-corrected chi connectivity index (χ4v) is 1.94. The maximum atomic E-state index is 11.5. The van der Waals surface area contributed by atoms with E-state index in [4.69, 9.17) is 15.2 Å². The first kappa shape index (κ1) is 14.1. The summed E-state index contributed by atoms with van der Waals surface area (Å²) in [5.41, 5.74) is 5.76. The van der Waals surface area contributed by atoms with E-state index in [0.717, 1.165) is 11.4 Å². The minimum Gasteiger partial charge on any atom is -0.458 e. The Morgan fingerprint density at radius 3 is 3.00 bits per heavy atom. The number of nitrogens with two attached hydrogens (primary N) is 1. The van der Waals surface area contributed by atoms with Gasteiger partial charge < -0.3 is 15.2 Å². The zero-order chi connectivity index (χ0) is 12.5. The van der Waals surface area contributed by atoms with Crippen LogP contribution in [0.3, 0.4) is 0 Å². The number of ether oxygens (including phenoxy) is 2. The van der Waals surface area contributed by atoms with Gasteiger partial charge in [0, 0.05) is 18.4 Å². The highest BCUT2D eigenvalue weighted by molar-refractivity contribution is 7.09. The van der Waals surface area contributed by atoms with Gasteiger partial charge in [0.2, 0.25) is 0 Å². The Hall–Kier alpha value is -0.980. The molecule has 0 amide bonds. The molecule has 0 unspecified atom stereocenters. The Morgan fingerprint density at radius 1 is 1.47 bits per heavy atom. The summed E-state index contributed by atoms with van der Waals surface area (Å²) < 4.78 is 10.2. The summed E-state index contributed by atoms with van der Waals surface area (Å²) in [7, 11) is 0. The molecule has 0 bridgehead atoms. The molecule has 0 fully saturated rings. The summed E-state index contributed by atoms with van der Waals surface area (Å²) in [6.07, 6.45) is 1.65. The zero-order valence-corrected chi connectivity index (χ0v) is 10.8. The molecule has 0 radical (unpaired) electrons. The molecule has 0 aliphatic heterocycles. The third-order valence-electron chi connectivity index (χ3n) is 1.93. The van der Waals surface area contributed by atoms with Gasteiger partial charge in [-0.1, -0.05) is 6.92 Å². The third-order valence-corrected chi connectivity index (χ3v) is 2.84. The summed E-state index contributed by atoms with van der Waals surface area (Å²) in [6.45, 7) is 3.95. The van der Waals surface area contributed by atoms with Crippen LogP contribution in [0.5, 0.6) is 0 Å². The molecule has 0 atom stereocenters. The van der Waals surface area contributed by atoms with Gasteiger partial charge in [-0.2, -0.15) is 0 Å². The number of nitrogens with zero attached hydrogens (tertiary/aromatic N) is 1. The lowest BCUT2D eigenvalue weighted by Gasteiger charge is -2.03. The van der Waals surface area contributed by atoms with Gasteiger partial charge >= 0.3 is 5.97 Å². The predicted molar refractivity (Wildman–Crippen MR) is 66.3 cm³/mol. The van der Waals surface area contributed by atoms with Gasteiger partial charge in [0.25, 0.3) is 0 Å². The maximum absolute atomic E-state index is 11.5. The average Bonchev–Trinajstić information content (AvgIpc) is 2.78. The van der Waals surface area contributed by atoms with Gasteiger partial charge in [0.15, 0.2) is 5.69 Å². The van der Waals surface area contributed by atoms with Crippen LogP contribution in [0.4, 0.5) is 0 Å². The lowest BCUT2D eigenvalue weighted by atomic mass is 10.4. The second-order valence-electron chi connectivity index (χ2n) is 3.41. The summed E-state index contributed by atoms with van der Waals surface area (Å²) in [6, 6.07) is 0. The van der Waals surface area contributed by atoms with E-state index >= 15 is 0 Å². The average molecular weight is 258 g/mol. The van der Waals surface area contributed by atoms with Gasteiger partial charge in [0.05, 0.1) is 11.6 Å². The minimum atomic E-state index is -0.399. The molecule has 17 heavy (non-hydrogen) atoms. The molecule has 1 aromatic rings. The lowest BCUT2D eigenvalue weighted by Crippen LogP contribution is -2.11. The third kappa shape index (κ3) is 5.25. The summed E-state index contributed by atoms with van der Waals surface area (Å²) >= 11 is 1.43. The molecule has 96 valence electrons. The van der Waals surface area contributed by atoms with Crippen LogP contribution in [0, 0.1) is 0 Å². The smallest absolute Gasteiger partial charge is 0.357 e. The lowest BCUT2D eigenvalue weighted by molar-refractivity contribution is 0.0313. The normalized spacial score (nSPS) is 10.5. The number of carbonyl (C=O) groups is 1. The second-order valence-corrected chi connectivity index (χ2v) is 4.36. The fourth-order valence-electron chi connectivity index (χ4n) is 1.16. The number of thiazole rings is 1. The number of carbonyl (C=O) groups excluding carboxylic acids is 1. The van der Waals surface area contributed by atoms with Gasteiger partial charge in [-0.15, -0.1) is 11.3 Å². The van der Waals surface area contributed by atoms with Gasteiger partial charge in [0.1, 0.15) is 6.61 Å². The van der Waals surface area contributed by atoms with Crippen molar-refractivity contribution < 1.29 is 14.3 Å². The standard InChI is InChI=1S/C11H18N2O3S/c1-2-5-15-6-7-16-11(14)9-8-17-10(13-9)3-4-12/h8H,2-7,12H2,1H3. The Balaban J connectivity index is 2.26. The molecular weight excluding hydrogens is 240 g/mol. The molecule has 0 aliphatic rings. The Kier molecular flexibility index (Phi) is 6.76. The number of rotatable bonds is 8. The molecule has 6 heteroatoms. The molecule has 5 nitrogen and oxygen atoms in total. The molecule has 0 spiro atoms. The van der Waals surface area contributed by atoms with Crippen molar-refractivity contribution in [2.45, 2.75) is 19.8 Å². The highest BCUT2D eigenvalue weighted by atomic mass is 32.1. The number of hydrogen-bond acceptors (Lipinski definition) is 6. The van der Waals surface area contributed by atoms with Crippen molar-refractivity contribution in [3.63, 3.8) is 0 Å². The van der Waals surface area contributed by atoms with Crippen LogP contribution in [0.2, 0.25) is 0 Å². The minimum absolute atomic E-state index is 0.266. The summed E-state index contributed by atoms with van der Waals surface area (Å²) in [5.74, 6) is -0.399. The Morgan fingerprint density at radius 2 is 2.29 bits per heavy atom. The van der Waals surface area contributed by atoms with E-state index < -0.39 is 5.97 Å². The quantitative estimate of drug-likeness (QED) is 0.560. The molecule has 1 heterocycles. The van der Waals surface area contributed by atoms with E-state index in [1.54, 1.807) is 5.38 Å². The first-order valence-corrected chi connectivity index (χ1v) is 6.55. The van der Waals surface area contributed by atoms with E-state index in [2.05, 4.69) is 4.98 Å². The highest BCUT2D eigenvalue weighted by Gasteiger charge is 2.11. The SMILES string of the molecule is CCCOCCOC(=O)c1csc(CCN)n1. The van der Waals surface area contributed by atoms with Crippen molar-refractivity contribution in [3.8, 4) is 0 Å². The molecule has 0 aromatic carbocycles. The van der Waals surface area contributed by atoms with Crippen molar-refractivity contribution in [1.29, 1.82) is 0 Å². The number of aromatic nitrogens is 1. The van der Waals surface area contributed by atoms with Gasteiger partial charge in [-0.25, -0.2) is 9.78 Å². The van der Waals surface area contributed by atoms with E-state index in [1.807, 2.05) is 6.92 Å². The van der Waals surface area contributed by atoms with Gasteiger partial charge in [-0.05, 0) is 13.0 Å². The molecule has 2 N–H and O–H groups in total. The van der Waals surface area contributed by atoms with Crippen molar-refractivity contribution in [2.24, 2.45) is 5.73 Å². The first-order valence-electron chi connectivity index (χ1n) is 5.67. The molecular formula is C11H18N2O3S. The number of hydrogen-bond donors (Lipinski definition) is 1. The molecule has 1 aromatic heterocycles. The van der Waals surface area contributed by atoms with E-state index in [0.29, 0.717) is 31.9 Å². The maximum Gasteiger partial charge on any atom is 0.357 e. The zero-order valence-electron chi connectivity index (χ0n) is 9.98. The first-order chi connectivity index (χ1) is 8.27. The van der Waals surface area contributed by atoms with Crippen LogP contribution < -0.4 is 5.73 Å². The molecule has 0 saturated carbocycles. The molecule has 0 saturated heterocycles. The molecule has 1 rings (SSSR count). The topological polar surface area (TPSA) is 74.4 Å². The van der Waals surface area contributed by atoms with Crippen molar-refractivity contribution in [3.05, 3.63) is 16.1 Å². The Bertz CT molecular complexity index is 341. The monoisotopic (exact) mass is 258 g/mol. The van der Waals surface area contributed by atoms with E-state index in [-0.39, 0.29) is 6.61 Å². The van der Waals surface area contributed by atoms with Crippen LogP contribution in [0.25, 0.3) is 0 Å². The van der Waals surface area contributed by atoms with E-state index in [1.165, 1.54) is 11.3 Å². The second kappa shape index (κ2) is 8.16. The van der Waals surface area contributed by atoms with Crippen LogP contribution in [0.15, 0.2) is 5.38 Å². The van der Waals surface area contributed by atoms with Crippen LogP contribution in [0.1, 0.15) is 28.8 Å². The summed E-state index contributed by atoms with van der Waals surface area (Å²) in [5, 5.41) is 2.56. The largest absolute Gasteiger partial charge is 0.458 e. The summed E-state index contributed by atoms with van der Waals surface area (Å²) in [4.78, 5) is 15.7. The Labute approximate surface area is 105 Å². The number of esters is 1. The highest BCUT2D eigenvalue weighted by Crippen LogP contribution is 2.10. The van der Waals surface area contributed by atoms with Gasteiger partial charge in [-0.3, -0.25) is 0 Å². The van der Waals surface area contributed by atoms with Crippen molar-refractivity contribution >= 4 is 17.3 Å². The van der Waals surface area contributed by atoms with Crippen molar-refractivity contribution in [1.82, 2.24) is 4.98 Å². The predicted octanol–water partition coefficient (Wildman–Crippen LogP) is 1.23.